The summed E-state index contributed by atoms with van der Waals surface area (Å²) in [5.41, 5.74) is 0. The molecule has 16 heteroatoms. The zero-order valence-corrected chi connectivity index (χ0v) is 32.6. The van der Waals surface area contributed by atoms with Gasteiger partial charge in [-0.05, 0) is 63.0 Å². The maximum atomic E-state index is 13.1. The highest BCUT2D eigenvalue weighted by molar-refractivity contribution is 5.83. The lowest BCUT2D eigenvalue weighted by Gasteiger charge is -2.33. The number of rotatable bonds is 30. The number of carboxylic acid groups (broad SMARTS) is 4. The van der Waals surface area contributed by atoms with Crippen LogP contribution in [0.1, 0.15) is 124 Å². The van der Waals surface area contributed by atoms with Crippen LogP contribution in [0.2, 0.25) is 0 Å². The van der Waals surface area contributed by atoms with Gasteiger partial charge in [-0.2, -0.15) is 0 Å². The van der Waals surface area contributed by atoms with Crippen LogP contribution in [-0.2, 0) is 38.2 Å². The first-order valence-corrected chi connectivity index (χ1v) is 19.4. The number of ether oxygens (including phenoxy) is 2. The molecule has 0 amide bonds. The average Bonchev–Trinajstić information content (AvgIpc) is 3.09. The van der Waals surface area contributed by atoms with Gasteiger partial charge >= 0.3 is 35.8 Å². The molecule has 16 nitrogen and oxygen atoms in total. The molecule has 1 aliphatic rings. The molecule has 0 saturated carbocycles. The van der Waals surface area contributed by atoms with Gasteiger partial charge < -0.3 is 45.2 Å². The SMILES string of the molecule is CCCC[C@@H](C)[C@@H](OC(=O)C[C@@H](CC(=O)O)C(=O)O)[C@@H](C[C@H](C)C[C@@H](O)CCCCCC[C@@H](O)[C@H](C)[NH+]1C=C(O)C=CC1)OC(=O)C[C@H](CC(=O)O)C(=O)O. The van der Waals surface area contributed by atoms with Gasteiger partial charge in [-0.15, -0.1) is 0 Å². The number of hydrogen-bond acceptors (Lipinski definition) is 11. The fourth-order valence-corrected chi connectivity index (χ4v) is 6.82. The Bertz CT molecular complexity index is 1300. The third-order valence-corrected chi connectivity index (χ3v) is 10.1. The fourth-order valence-electron chi connectivity index (χ4n) is 6.82. The highest BCUT2D eigenvalue weighted by Gasteiger charge is 2.37. The Morgan fingerprint density at radius 3 is 1.78 bits per heavy atom. The van der Waals surface area contributed by atoms with Crippen LogP contribution >= 0.6 is 0 Å². The molecular formula is C39H64NO15+. The van der Waals surface area contributed by atoms with Gasteiger partial charge in [0.25, 0.3) is 0 Å². The molecule has 0 aromatic carbocycles. The summed E-state index contributed by atoms with van der Waals surface area (Å²) in [6.07, 6.45) is 4.96. The standard InChI is InChI=1S/C39H63NO15/c1-5-6-12-25(3)37(55-36(49)22-28(39(52)53)20-34(46)47)32(54-35(48)21-27(38(50)51)19-33(44)45)18-24(2)17-29(41)13-9-7-8-10-15-31(43)26(4)40-16-11-14-30(42)23-40/h11,14,23-29,31-32,37,41-43H,5-10,12-13,15-22H2,1-4H3,(H,44,45)(H,46,47)(H,50,51)(H,52,53)/p+1/t24-,25-,26+,27+,28-,29+,31-,32-,37-/m1/s1. The van der Waals surface area contributed by atoms with E-state index in [1.807, 2.05) is 19.9 Å². The minimum atomic E-state index is -1.58. The van der Waals surface area contributed by atoms with Gasteiger partial charge in [0.05, 0.1) is 43.6 Å². The van der Waals surface area contributed by atoms with Crippen molar-refractivity contribution in [3.8, 4) is 0 Å². The molecule has 314 valence electrons. The predicted octanol–water partition coefficient (Wildman–Crippen LogP) is 3.49. The van der Waals surface area contributed by atoms with E-state index in [0.29, 0.717) is 38.6 Å². The first kappa shape index (κ1) is 49.0. The predicted molar refractivity (Wildman–Crippen MR) is 198 cm³/mol. The molecule has 8 N–H and O–H groups in total. The van der Waals surface area contributed by atoms with Crippen molar-refractivity contribution in [1.82, 2.24) is 0 Å². The molecule has 0 aromatic rings. The topological polar surface area (TPSA) is 267 Å². The highest BCUT2D eigenvalue weighted by atomic mass is 16.6. The van der Waals surface area contributed by atoms with Crippen LogP contribution in [0.15, 0.2) is 24.1 Å². The first-order chi connectivity index (χ1) is 25.8. The van der Waals surface area contributed by atoms with Crippen LogP contribution in [0.3, 0.4) is 0 Å². The number of unbranched alkanes of at least 4 members (excludes halogenated alkanes) is 4. The van der Waals surface area contributed by atoms with E-state index in [4.69, 9.17) is 19.7 Å². The molecule has 0 spiro atoms. The summed E-state index contributed by atoms with van der Waals surface area (Å²) in [4.78, 5) is 73.0. The van der Waals surface area contributed by atoms with Crippen LogP contribution in [-0.4, -0.2) is 109 Å². The lowest BCUT2D eigenvalue weighted by molar-refractivity contribution is -0.872. The molecule has 0 radical (unpaired) electrons. The Hall–Kier alpha value is -4.02. The van der Waals surface area contributed by atoms with Crippen LogP contribution < -0.4 is 4.90 Å². The minimum Gasteiger partial charge on any atom is -0.503 e. The number of aliphatic carboxylic acids is 4. The van der Waals surface area contributed by atoms with Crippen molar-refractivity contribution in [1.29, 1.82) is 0 Å². The Morgan fingerprint density at radius 2 is 1.27 bits per heavy atom. The van der Waals surface area contributed by atoms with Gasteiger partial charge in [-0.3, -0.25) is 33.7 Å². The monoisotopic (exact) mass is 786 g/mol. The molecule has 1 rings (SSSR count). The van der Waals surface area contributed by atoms with Gasteiger partial charge in [-0.25, -0.2) is 0 Å². The molecule has 55 heavy (non-hydrogen) atoms. The molecule has 1 heterocycles. The Morgan fingerprint density at radius 1 is 0.727 bits per heavy atom. The number of carbonyl (C=O) groups is 6. The number of esters is 2. The van der Waals surface area contributed by atoms with E-state index < -0.39 is 104 Å². The summed E-state index contributed by atoms with van der Waals surface area (Å²) in [5, 5.41) is 68.5. The average molecular weight is 787 g/mol. The Labute approximate surface area is 323 Å². The first-order valence-electron chi connectivity index (χ1n) is 19.4. The molecule has 0 aromatic heterocycles. The lowest BCUT2D eigenvalue weighted by Crippen LogP contribution is -3.12. The van der Waals surface area contributed by atoms with E-state index in [-0.39, 0.29) is 30.6 Å². The zero-order valence-electron chi connectivity index (χ0n) is 32.6. The molecule has 0 aliphatic carbocycles. The van der Waals surface area contributed by atoms with Crippen LogP contribution in [0.4, 0.5) is 0 Å². The van der Waals surface area contributed by atoms with Crippen molar-refractivity contribution in [3.05, 3.63) is 24.1 Å². The second kappa shape index (κ2) is 25.9. The number of quaternary nitrogens is 1. The van der Waals surface area contributed by atoms with Gasteiger partial charge in [0.15, 0.2) is 5.76 Å². The van der Waals surface area contributed by atoms with Crippen molar-refractivity contribution in [3.63, 3.8) is 0 Å². The number of carbonyl (C=O) groups excluding carboxylic acids is 2. The number of carboxylic acids is 4. The second-order valence-corrected chi connectivity index (χ2v) is 15.1. The third kappa shape index (κ3) is 20.5. The van der Waals surface area contributed by atoms with Gasteiger partial charge in [0.2, 0.25) is 0 Å². The van der Waals surface area contributed by atoms with E-state index in [2.05, 4.69) is 0 Å². The summed E-state index contributed by atoms with van der Waals surface area (Å²) in [5.74, 6) is -11.7. The van der Waals surface area contributed by atoms with E-state index in [1.54, 1.807) is 26.1 Å². The molecular weight excluding hydrogens is 722 g/mol. The number of aliphatic hydroxyl groups excluding tert-OH is 3. The lowest BCUT2D eigenvalue weighted by atomic mass is 9.87. The van der Waals surface area contributed by atoms with Gasteiger partial charge in [0, 0.05) is 0 Å². The number of hydrogen-bond donors (Lipinski definition) is 8. The summed E-state index contributed by atoms with van der Waals surface area (Å²) < 4.78 is 11.5. The zero-order chi connectivity index (χ0) is 41.7. The highest BCUT2D eigenvalue weighted by Crippen LogP contribution is 2.29. The number of aliphatic hydroxyl groups is 3. The smallest absolute Gasteiger partial charge is 0.307 e. The van der Waals surface area contributed by atoms with Crippen molar-refractivity contribution < 1.29 is 78.9 Å². The summed E-state index contributed by atoms with van der Waals surface area (Å²) >= 11 is 0. The van der Waals surface area contributed by atoms with Gasteiger partial charge in [0.1, 0.15) is 37.1 Å². The second-order valence-electron chi connectivity index (χ2n) is 15.1. The van der Waals surface area contributed by atoms with Crippen molar-refractivity contribution in [2.45, 2.75) is 154 Å². The van der Waals surface area contributed by atoms with E-state index in [9.17, 15) is 54.3 Å². The van der Waals surface area contributed by atoms with Crippen molar-refractivity contribution in [2.75, 3.05) is 6.54 Å². The summed E-state index contributed by atoms with van der Waals surface area (Å²) in [7, 11) is 0. The van der Waals surface area contributed by atoms with Gasteiger partial charge in [-0.1, -0.05) is 59.3 Å². The van der Waals surface area contributed by atoms with E-state index in [0.717, 1.165) is 30.6 Å². The summed E-state index contributed by atoms with van der Waals surface area (Å²) in [6, 6.07) is -0.0850. The maximum absolute atomic E-state index is 13.1. The molecule has 1 unspecified atom stereocenters. The molecule has 1 aliphatic heterocycles. The Balaban J connectivity index is 2.99. The number of allylic oxidation sites excluding steroid dienone is 1. The fraction of sp³-hybridized carbons (Fsp3) is 0.744. The number of nitrogens with one attached hydrogen (secondary N) is 1. The minimum absolute atomic E-state index is 0.0587. The van der Waals surface area contributed by atoms with Crippen molar-refractivity contribution >= 4 is 35.8 Å². The van der Waals surface area contributed by atoms with Crippen LogP contribution in [0, 0.1) is 23.7 Å². The summed E-state index contributed by atoms with van der Waals surface area (Å²) in [6.45, 7) is 8.11. The third-order valence-electron chi connectivity index (χ3n) is 10.1. The maximum Gasteiger partial charge on any atom is 0.307 e. The van der Waals surface area contributed by atoms with E-state index >= 15 is 0 Å². The van der Waals surface area contributed by atoms with Crippen molar-refractivity contribution in [2.24, 2.45) is 23.7 Å². The van der Waals surface area contributed by atoms with Crippen LogP contribution in [0.5, 0.6) is 0 Å². The molecule has 10 atom stereocenters. The molecule has 0 fully saturated rings. The quantitative estimate of drug-likeness (QED) is 0.0383. The Kier molecular flexibility index (Phi) is 23.1. The molecule has 0 bridgehead atoms. The normalized spacial score (nSPS) is 19.0. The van der Waals surface area contributed by atoms with E-state index in [1.165, 1.54) is 0 Å². The molecule has 0 saturated heterocycles. The largest absolute Gasteiger partial charge is 0.503 e. The van der Waals surface area contributed by atoms with Crippen LogP contribution in [0.25, 0.3) is 0 Å².